The van der Waals surface area contributed by atoms with Crippen molar-refractivity contribution in [3.63, 3.8) is 0 Å². The number of halogens is 1. The fourth-order valence-electron chi connectivity index (χ4n) is 1.44. The standard InChI is InChI=1S/C12H15O3.BrH.Mg/c1-2-5-11(6-3-1)13-10-7-12-14-8-4-9-15-12;;/h1-3,5,12H,4,7-10H2;1H;/q-1;;+2/p-1. The first-order valence-electron chi connectivity index (χ1n) is 5.28. The van der Waals surface area contributed by atoms with Crippen LogP contribution in [0.2, 0.25) is 0 Å². The van der Waals surface area contributed by atoms with Crippen LogP contribution in [0.1, 0.15) is 12.8 Å². The molecule has 0 amide bonds. The molecule has 1 aromatic carbocycles. The average Bonchev–Trinajstić information content (AvgIpc) is 2.32. The summed E-state index contributed by atoms with van der Waals surface area (Å²) in [6, 6.07) is 10.6. The van der Waals surface area contributed by atoms with Crippen LogP contribution in [0.25, 0.3) is 0 Å². The molecule has 1 fully saturated rings. The van der Waals surface area contributed by atoms with Gasteiger partial charge in [-0.1, -0.05) is 0 Å². The summed E-state index contributed by atoms with van der Waals surface area (Å²) in [5, 5.41) is 0. The first-order chi connectivity index (χ1) is 7.45. The summed E-state index contributed by atoms with van der Waals surface area (Å²) >= 11 is 0. The Hall–Kier alpha value is 0.186. The Morgan fingerprint density at radius 1 is 1.29 bits per heavy atom. The Morgan fingerprint density at radius 2 is 2.06 bits per heavy atom. The van der Waals surface area contributed by atoms with E-state index in [2.05, 4.69) is 6.07 Å². The van der Waals surface area contributed by atoms with Gasteiger partial charge in [-0.2, -0.15) is 18.2 Å². The predicted octanol–water partition coefficient (Wildman–Crippen LogP) is -1.36. The van der Waals surface area contributed by atoms with E-state index in [4.69, 9.17) is 14.2 Å². The van der Waals surface area contributed by atoms with Crippen molar-refractivity contribution in [1.82, 2.24) is 0 Å². The van der Waals surface area contributed by atoms with Crippen LogP contribution in [0, 0.1) is 6.07 Å². The summed E-state index contributed by atoms with van der Waals surface area (Å²) in [7, 11) is 0. The van der Waals surface area contributed by atoms with Crippen LogP contribution >= 0.6 is 0 Å². The second-order valence-corrected chi connectivity index (χ2v) is 3.39. The number of hydrogen-bond donors (Lipinski definition) is 0. The fraction of sp³-hybridized carbons (Fsp3) is 0.500. The summed E-state index contributed by atoms with van der Waals surface area (Å²) in [5.74, 6) is 0.772. The monoisotopic (exact) mass is 310 g/mol. The molecule has 1 aliphatic rings. The third-order valence-corrected chi connectivity index (χ3v) is 2.19. The van der Waals surface area contributed by atoms with E-state index in [1.54, 1.807) is 0 Å². The Balaban J connectivity index is 0.00000128. The fourth-order valence-corrected chi connectivity index (χ4v) is 1.44. The Bertz CT molecular complexity index is 278. The normalized spacial score (nSPS) is 15.5. The molecule has 0 bridgehead atoms. The largest absolute Gasteiger partial charge is 2.00 e. The molecule has 2 rings (SSSR count). The van der Waals surface area contributed by atoms with Crippen LogP contribution in [0.5, 0.6) is 5.75 Å². The molecule has 0 spiro atoms. The smallest absolute Gasteiger partial charge is 1.00 e. The minimum absolute atomic E-state index is 0. The molecule has 1 aromatic rings. The van der Waals surface area contributed by atoms with Crippen molar-refractivity contribution in [3.05, 3.63) is 30.3 Å². The number of hydrogen-bond acceptors (Lipinski definition) is 3. The molecule has 5 heteroatoms. The van der Waals surface area contributed by atoms with E-state index < -0.39 is 0 Å². The van der Waals surface area contributed by atoms with Crippen molar-refractivity contribution >= 4 is 23.1 Å². The molecule has 17 heavy (non-hydrogen) atoms. The average molecular weight is 311 g/mol. The molecule has 1 heterocycles. The first kappa shape index (κ1) is 17.2. The molecule has 0 N–H and O–H groups in total. The minimum Gasteiger partial charge on any atom is -1.00 e. The topological polar surface area (TPSA) is 27.7 Å². The van der Waals surface area contributed by atoms with Crippen LogP contribution in [0.3, 0.4) is 0 Å². The van der Waals surface area contributed by atoms with E-state index in [1.165, 1.54) is 0 Å². The zero-order chi connectivity index (χ0) is 10.3. The van der Waals surface area contributed by atoms with Gasteiger partial charge in [0.25, 0.3) is 0 Å². The molecule has 0 atom stereocenters. The van der Waals surface area contributed by atoms with Gasteiger partial charge in [-0.15, -0.1) is 12.1 Å². The molecule has 3 nitrogen and oxygen atoms in total. The van der Waals surface area contributed by atoms with Crippen molar-refractivity contribution in [2.75, 3.05) is 19.8 Å². The SMILES string of the molecule is [Br-].[Mg+2].[c-]1ccccc1OCCC1OCCCO1. The maximum Gasteiger partial charge on any atom is 2.00 e. The molecule has 1 aliphatic heterocycles. The van der Waals surface area contributed by atoms with E-state index >= 15 is 0 Å². The molecule has 1 saturated heterocycles. The van der Waals surface area contributed by atoms with Gasteiger partial charge >= 0.3 is 23.1 Å². The van der Waals surface area contributed by atoms with Crippen LogP contribution < -0.4 is 21.7 Å². The number of ether oxygens (including phenoxy) is 3. The predicted molar refractivity (Wildman–Crippen MR) is 61.5 cm³/mol. The zero-order valence-electron chi connectivity index (χ0n) is 9.73. The summed E-state index contributed by atoms with van der Waals surface area (Å²) in [4.78, 5) is 0. The molecule has 0 unspecified atom stereocenters. The van der Waals surface area contributed by atoms with Gasteiger partial charge in [0.15, 0.2) is 6.29 Å². The molecule has 90 valence electrons. The van der Waals surface area contributed by atoms with Crippen LogP contribution in [0.15, 0.2) is 24.3 Å². The van der Waals surface area contributed by atoms with Crippen molar-refractivity contribution in [3.8, 4) is 5.75 Å². The van der Waals surface area contributed by atoms with Gasteiger partial charge in [-0.05, 0) is 6.42 Å². The van der Waals surface area contributed by atoms with Crippen molar-refractivity contribution in [2.45, 2.75) is 19.1 Å². The third kappa shape index (κ3) is 6.62. The third-order valence-electron chi connectivity index (χ3n) is 2.19. The van der Waals surface area contributed by atoms with Gasteiger partial charge < -0.3 is 31.2 Å². The van der Waals surface area contributed by atoms with Gasteiger partial charge in [0, 0.05) is 12.2 Å². The summed E-state index contributed by atoms with van der Waals surface area (Å²) in [5.41, 5.74) is 0. The van der Waals surface area contributed by atoms with Crippen LogP contribution in [-0.2, 0) is 9.47 Å². The van der Waals surface area contributed by atoms with Gasteiger partial charge in [0.05, 0.1) is 19.8 Å². The second kappa shape index (κ2) is 10.1. The molecule has 0 radical (unpaired) electrons. The van der Waals surface area contributed by atoms with E-state index in [0.29, 0.717) is 6.61 Å². The maximum atomic E-state index is 5.49. The zero-order valence-corrected chi connectivity index (χ0v) is 12.7. The van der Waals surface area contributed by atoms with E-state index in [0.717, 1.165) is 31.8 Å². The second-order valence-electron chi connectivity index (χ2n) is 3.39. The quantitative estimate of drug-likeness (QED) is 0.508. The van der Waals surface area contributed by atoms with Crippen LogP contribution in [-0.4, -0.2) is 49.2 Å². The van der Waals surface area contributed by atoms with Crippen LogP contribution in [0.4, 0.5) is 0 Å². The molecular formula is C12H15BrMgO3. The number of benzene rings is 1. The van der Waals surface area contributed by atoms with E-state index in [-0.39, 0.29) is 46.3 Å². The van der Waals surface area contributed by atoms with Crippen molar-refractivity contribution in [1.29, 1.82) is 0 Å². The number of para-hydroxylation sites is 1. The van der Waals surface area contributed by atoms with Gasteiger partial charge in [-0.3, -0.25) is 0 Å². The van der Waals surface area contributed by atoms with Crippen molar-refractivity contribution < 1.29 is 31.2 Å². The van der Waals surface area contributed by atoms with Gasteiger partial charge in [0.2, 0.25) is 0 Å². The summed E-state index contributed by atoms with van der Waals surface area (Å²) in [6.07, 6.45) is 1.66. The molecular weight excluding hydrogens is 296 g/mol. The minimum atomic E-state index is -0.0949. The maximum absolute atomic E-state index is 5.49. The molecule has 0 aromatic heterocycles. The van der Waals surface area contributed by atoms with E-state index in [1.807, 2.05) is 24.3 Å². The Morgan fingerprint density at radius 3 is 2.71 bits per heavy atom. The summed E-state index contributed by atoms with van der Waals surface area (Å²) in [6.45, 7) is 2.19. The summed E-state index contributed by atoms with van der Waals surface area (Å²) < 4.78 is 16.3. The van der Waals surface area contributed by atoms with Gasteiger partial charge in [0.1, 0.15) is 0 Å². The van der Waals surface area contributed by atoms with E-state index in [9.17, 15) is 0 Å². The Kier molecular flexibility index (Phi) is 10.3. The number of rotatable bonds is 4. The molecule has 0 aliphatic carbocycles. The molecule has 0 saturated carbocycles. The van der Waals surface area contributed by atoms with Gasteiger partial charge in [-0.25, -0.2) is 0 Å². The first-order valence-corrected chi connectivity index (χ1v) is 5.28. The Labute approximate surface area is 129 Å². The van der Waals surface area contributed by atoms with Crippen molar-refractivity contribution in [2.24, 2.45) is 0 Å².